The minimum atomic E-state index is -0.324. The summed E-state index contributed by atoms with van der Waals surface area (Å²) >= 11 is 2.52. The molecular weight excluding hydrogens is 392 g/mol. The number of nitrogens with zero attached hydrogens (tertiary/aromatic N) is 1. The summed E-state index contributed by atoms with van der Waals surface area (Å²) in [6, 6.07) is 16.8. The predicted octanol–water partition coefficient (Wildman–Crippen LogP) is 4.26. The van der Waals surface area contributed by atoms with Gasteiger partial charge in [-0.3, -0.25) is 19.3 Å². The average Bonchev–Trinajstić information content (AvgIpc) is 2.96. The maximum atomic E-state index is 12.5. The molecule has 1 heterocycles. The van der Waals surface area contributed by atoms with Crippen LogP contribution in [-0.2, 0) is 4.79 Å². The Labute approximate surface area is 172 Å². The van der Waals surface area contributed by atoms with Gasteiger partial charge >= 0.3 is 0 Å². The molecule has 2 aromatic carbocycles. The van der Waals surface area contributed by atoms with E-state index < -0.39 is 0 Å². The van der Waals surface area contributed by atoms with E-state index in [1.807, 2.05) is 55.5 Å². The van der Waals surface area contributed by atoms with Gasteiger partial charge in [0.15, 0.2) is 0 Å². The van der Waals surface area contributed by atoms with Gasteiger partial charge in [-0.05, 0) is 41.3 Å². The molecule has 1 aliphatic rings. The Morgan fingerprint density at radius 3 is 2.57 bits per heavy atom. The molecule has 7 heteroatoms. The number of hydrogen-bond acceptors (Lipinski definition) is 5. The Hall–Kier alpha value is -2.51. The van der Waals surface area contributed by atoms with Crippen molar-refractivity contribution in [1.29, 1.82) is 0 Å². The first-order valence-corrected chi connectivity index (χ1v) is 10.7. The Kier molecular flexibility index (Phi) is 6.95. The van der Waals surface area contributed by atoms with Crippen molar-refractivity contribution in [2.75, 3.05) is 18.8 Å². The summed E-state index contributed by atoms with van der Waals surface area (Å²) in [7, 11) is 0. The topological polar surface area (TPSA) is 66.5 Å². The van der Waals surface area contributed by atoms with Crippen LogP contribution in [0.3, 0.4) is 0 Å². The maximum Gasteiger partial charge on any atom is 0.293 e. The lowest BCUT2D eigenvalue weighted by Gasteiger charge is -2.14. The molecule has 0 unspecified atom stereocenters. The number of thioether (sulfide) groups is 2. The predicted molar refractivity (Wildman–Crippen MR) is 114 cm³/mol. The van der Waals surface area contributed by atoms with Crippen LogP contribution in [-0.4, -0.2) is 40.8 Å². The second-order valence-corrected chi connectivity index (χ2v) is 8.23. The second-order valence-electron chi connectivity index (χ2n) is 5.93. The van der Waals surface area contributed by atoms with E-state index in [0.29, 0.717) is 10.5 Å². The number of imide groups is 1. The van der Waals surface area contributed by atoms with Crippen molar-refractivity contribution in [3.05, 3.63) is 70.6 Å². The van der Waals surface area contributed by atoms with Crippen molar-refractivity contribution < 1.29 is 14.4 Å². The molecule has 144 valence electrons. The standard InChI is InChI=1S/C21H20N2O3S2/c1-2-27-17-11-7-6-10-16(17)19(24)22-12-13-23-20(25)18(28-21(23)26)14-15-8-4-3-5-9-15/h3-11,14H,2,12-13H2,1H3,(H,22,24)/b18-14-. The first kappa shape index (κ1) is 20.2. The summed E-state index contributed by atoms with van der Waals surface area (Å²) in [5.41, 5.74) is 1.47. The molecule has 0 spiro atoms. The zero-order valence-electron chi connectivity index (χ0n) is 15.4. The lowest BCUT2D eigenvalue weighted by Crippen LogP contribution is -2.37. The minimum absolute atomic E-state index is 0.144. The van der Waals surface area contributed by atoms with Gasteiger partial charge in [0.05, 0.1) is 10.5 Å². The number of hydrogen-bond donors (Lipinski definition) is 1. The summed E-state index contributed by atoms with van der Waals surface area (Å²) in [4.78, 5) is 39.6. The Morgan fingerprint density at radius 1 is 1.11 bits per heavy atom. The van der Waals surface area contributed by atoms with E-state index in [4.69, 9.17) is 0 Å². The van der Waals surface area contributed by atoms with Crippen LogP contribution < -0.4 is 5.32 Å². The van der Waals surface area contributed by atoms with Crippen molar-refractivity contribution >= 4 is 46.7 Å². The van der Waals surface area contributed by atoms with Crippen molar-refractivity contribution in [2.24, 2.45) is 0 Å². The van der Waals surface area contributed by atoms with E-state index in [0.717, 1.165) is 28.0 Å². The van der Waals surface area contributed by atoms with Gasteiger partial charge in [0.1, 0.15) is 0 Å². The summed E-state index contributed by atoms with van der Waals surface area (Å²) in [5.74, 6) is 0.341. The van der Waals surface area contributed by atoms with E-state index in [1.54, 1.807) is 23.9 Å². The molecule has 1 fully saturated rings. The first-order valence-electron chi connectivity index (χ1n) is 8.90. The number of rotatable bonds is 7. The summed E-state index contributed by atoms with van der Waals surface area (Å²) in [6.45, 7) is 2.38. The molecule has 0 saturated carbocycles. The summed E-state index contributed by atoms with van der Waals surface area (Å²) in [6.07, 6.45) is 1.71. The van der Waals surface area contributed by atoms with Gasteiger partial charge in [-0.1, -0.05) is 49.4 Å². The van der Waals surface area contributed by atoms with Gasteiger partial charge in [0.25, 0.3) is 17.1 Å². The zero-order chi connectivity index (χ0) is 19.9. The van der Waals surface area contributed by atoms with Gasteiger partial charge in [-0.2, -0.15) is 0 Å². The Bertz CT molecular complexity index is 913. The fraction of sp³-hybridized carbons (Fsp3) is 0.190. The molecule has 1 N–H and O–H groups in total. The summed E-state index contributed by atoms with van der Waals surface area (Å²) in [5, 5.41) is 2.49. The molecule has 3 amide bonds. The number of carbonyl (C=O) groups excluding carboxylic acids is 3. The third-order valence-electron chi connectivity index (χ3n) is 4.02. The van der Waals surface area contributed by atoms with Crippen LogP contribution in [0.5, 0.6) is 0 Å². The molecule has 1 aliphatic heterocycles. The van der Waals surface area contributed by atoms with Gasteiger partial charge in [0.2, 0.25) is 0 Å². The molecule has 3 rings (SSSR count). The van der Waals surface area contributed by atoms with E-state index in [9.17, 15) is 14.4 Å². The van der Waals surface area contributed by atoms with E-state index in [1.165, 1.54) is 4.90 Å². The summed E-state index contributed by atoms with van der Waals surface area (Å²) < 4.78 is 0. The molecule has 28 heavy (non-hydrogen) atoms. The molecule has 1 saturated heterocycles. The highest BCUT2D eigenvalue weighted by Crippen LogP contribution is 2.31. The van der Waals surface area contributed by atoms with Crippen molar-refractivity contribution in [2.45, 2.75) is 11.8 Å². The highest BCUT2D eigenvalue weighted by molar-refractivity contribution is 8.18. The number of amides is 3. The van der Waals surface area contributed by atoms with Crippen LogP contribution in [0.15, 0.2) is 64.4 Å². The highest BCUT2D eigenvalue weighted by Gasteiger charge is 2.34. The van der Waals surface area contributed by atoms with Gasteiger partial charge in [-0.15, -0.1) is 11.8 Å². The molecule has 2 aromatic rings. The molecule has 0 aromatic heterocycles. The first-order chi connectivity index (χ1) is 13.6. The van der Waals surface area contributed by atoms with Crippen molar-refractivity contribution in [1.82, 2.24) is 10.2 Å². The Balaban J connectivity index is 1.59. The highest BCUT2D eigenvalue weighted by atomic mass is 32.2. The lowest BCUT2D eigenvalue weighted by molar-refractivity contribution is -0.122. The molecule has 5 nitrogen and oxygen atoms in total. The normalized spacial score (nSPS) is 15.3. The van der Waals surface area contributed by atoms with E-state index >= 15 is 0 Å². The van der Waals surface area contributed by atoms with E-state index in [2.05, 4.69) is 5.32 Å². The number of carbonyl (C=O) groups is 3. The Morgan fingerprint density at radius 2 is 1.82 bits per heavy atom. The minimum Gasteiger partial charge on any atom is -0.350 e. The zero-order valence-corrected chi connectivity index (χ0v) is 17.0. The van der Waals surface area contributed by atoms with Gasteiger partial charge < -0.3 is 5.32 Å². The largest absolute Gasteiger partial charge is 0.350 e. The van der Waals surface area contributed by atoms with Gasteiger partial charge in [0, 0.05) is 18.0 Å². The van der Waals surface area contributed by atoms with Crippen LogP contribution in [0, 0.1) is 0 Å². The smallest absolute Gasteiger partial charge is 0.293 e. The average molecular weight is 413 g/mol. The molecule has 0 aliphatic carbocycles. The molecule has 0 atom stereocenters. The molecule has 0 bridgehead atoms. The quantitative estimate of drug-likeness (QED) is 0.544. The van der Waals surface area contributed by atoms with Crippen LogP contribution in [0.2, 0.25) is 0 Å². The monoisotopic (exact) mass is 412 g/mol. The lowest BCUT2D eigenvalue weighted by atomic mass is 10.2. The SMILES string of the molecule is CCSc1ccccc1C(=O)NCCN1C(=O)S/C(=C\c2ccccc2)C1=O. The van der Waals surface area contributed by atoms with Crippen LogP contribution in [0.25, 0.3) is 6.08 Å². The van der Waals surface area contributed by atoms with E-state index in [-0.39, 0.29) is 30.1 Å². The van der Waals surface area contributed by atoms with Gasteiger partial charge in [-0.25, -0.2) is 0 Å². The number of nitrogens with one attached hydrogen (secondary N) is 1. The third-order valence-corrected chi connectivity index (χ3v) is 5.89. The molecule has 0 radical (unpaired) electrons. The molecular formula is C21H20N2O3S2. The van der Waals surface area contributed by atoms with Crippen LogP contribution in [0.4, 0.5) is 4.79 Å². The maximum absolute atomic E-state index is 12.5. The van der Waals surface area contributed by atoms with Crippen LogP contribution >= 0.6 is 23.5 Å². The van der Waals surface area contributed by atoms with Crippen LogP contribution in [0.1, 0.15) is 22.8 Å². The fourth-order valence-electron chi connectivity index (χ4n) is 2.71. The van der Waals surface area contributed by atoms with Crippen molar-refractivity contribution in [3.63, 3.8) is 0 Å². The third kappa shape index (κ3) is 4.85. The van der Waals surface area contributed by atoms with Crippen molar-refractivity contribution in [3.8, 4) is 0 Å². The number of benzene rings is 2. The fourth-order valence-corrected chi connectivity index (χ4v) is 4.37. The second kappa shape index (κ2) is 9.61.